The van der Waals surface area contributed by atoms with Gasteiger partial charge in [-0.2, -0.15) is 0 Å². The number of anilines is 1. The van der Waals surface area contributed by atoms with E-state index in [4.69, 9.17) is 4.74 Å². The van der Waals surface area contributed by atoms with Crippen molar-refractivity contribution >= 4 is 5.69 Å². The third-order valence-electron chi connectivity index (χ3n) is 3.45. The minimum Gasteiger partial charge on any atom is -0.495 e. The van der Waals surface area contributed by atoms with Crippen molar-refractivity contribution < 1.29 is 4.74 Å². The molecule has 108 valence electrons. The van der Waals surface area contributed by atoms with Crippen LogP contribution in [0.1, 0.15) is 38.2 Å². The highest BCUT2D eigenvalue weighted by Crippen LogP contribution is 2.31. The lowest BCUT2D eigenvalue weighted by molar-refractivity contribution is 0.414. The van der Waals surface area contributed by atoms with Crippen LogP contribution in [0, 0.1) is 0 Å². The third-order valence-corrected chi connectivity index (χ3v) is 3.45. The summed E-state index contributed by atoms with van der Waals surface area (Å²) in [7, 11) is 5.88. The first-order valence-corrected chi connectivity index (χ1v) is 7.13. The van der Waals surface area contributed by atoms with E-state index in [9.17, 15) is 0 Å². The number of hydrogen-bond donors (Lipinski definition) is 1. The van der Waals surface area contributed by atoms with Gasteiger partial charge in [-0.1, -0.05) is 19.9 Å². The predicted octanol–water partition coefficient (Wildman–Crippen LogP) is 3.25. The van der Waals surface area contributed by atoms with Crippen LogP contribution in [-0.4, -0.2) is 34.3 Å². The first kappa shape index (κ1) is 15.8. The molecule has 1 aromatic rings. The van der Waals surface area contributed by atoms with Gasteiger partial charge in [-0.05, 0) is 50.0 Å². The van der Waals surface area contributed by atoms with Crippen molar-refractivity contribution in [2.75, 3.05) is 39.2 Å². The van der Waals surface area contributed by atoms with Gasteiger partial charge in [0.1, 0.15) is 5.75 Å². The molecule has 0 bridgehead atoms. The summed E-state index contributed by atoms with van der Waals surface area (Å²) in [5.74, 6) is 1.50. The van der Waals surface area contributed by atoms with Crippen molar-refractivity contribution in [3.8, 4) is 5.75 Å². The molecule has 19 heavy (non-hydrogen) atoms. The zero-order valence-electron chi connectivity index (χ0n) is 13.0. The van der Waals surface area contributed by atoms with Gasteiger partial charge in [0.2, 0.25) is 0 Å². The predicted molar refractivity (Wildman–Crippen MR) is 83.5 cm³/mol. The Labute approximate surface area is 118 Å². The van der Waals surface area contributed by atoms with Crippen LogP contribution in [0.15, 0.2) is 18.2 Å². The Morgan fingerprint density at radius 2 is 2.00 bits per heavy atom. The van der Waals surface area contributed by atoms with Crippen molar-refractivity contribution in [1.29, 1.82) is 0 Å². The van der Waals surface area contributed by atoms with Crippen LogP contribution in [0.3, 0.4) is 0 Å². The Morgan fingerprint density at radius 1 is 1.26 bits per heavy atom. The number of rotatable bonds is 8. The molecule has 3 heteroatoms. The van der Waals surface area contributed by atoms with Crippen molar-refractivity contribution in [1.82, 2.24) is 5.32 Å². The van der Waals surface area contributed by atoms with E-state index in [-0.39, 0.29) is 0 Å². The zero-order valence-corrected chi connectivity index (χ0v) is 13.0. The number of nitrogens with zero attached hydrogens (tertiary/aromatic N) is 1. The third kappa shape index (κ3) is 4.75. The van der Waals surface area contributed by atoms with E-state index in [1.54, 1.807) is 7.11 Å². The first-order valence-electron chi connectivity index (χ1n) is 7.13. The Balaban J connectivity index is 2.75. The largest absolute Gasteiger partial charge is 0.495 e. The summed E-state index contributed by atoms with van der Waals surface area (Å²) in [4.78, 5) is 2.29. The van der Waals surface area contributed by atoms with Gasteiger partial charge >= 0.3 is 0 Å². The van der Waals surface area contributed by atoms with Crippen LogP contribution in [-0.2, 0) is 0 Å². The molecule has 0 amide bonds. The molecule has 1 aromatic carbocycles. The first-order chi connectivity index (χ1) is 9.10. The molecule has 1 rings (SSSR count). The van der Waals surface area contributed by atoms with Gasteiger partial charge in [-0.15, -0.1) is 0 Å². The van der Waals surface area contributed by atoms with Crippen LogP contribution in [0.2, 0.25) is 0 Å². The fraction of sp³-hybridized carbons (Fsp3) is 0.625. The standard InChI is InChI=1S/C16H28N2O/c1-13(2)14-8-9-16(19-5)15(12-14)18(4)11-7-6-10-17-3/h8-9,12-13,17H,6-7,10-11H2,1-5H3. The lowest BCUT2D eigenvalue weighted by atomic mass is 10.0. The van der Waals surface area contributed by atoms with Gasteiger partial charge in [0.05, 0.1) is 12.8 Å². The molecule has 0 aliphatic heterocycles. The van der Waals surface area contributed by atoms with Crippen molar-refractivity contribution in [3.05, 3.63) is 23.8 Å². The molecule has 0 saturated carbocycles. The van der Waals surface area contributed by atoms with E-state index >= 15 is 0 Å². The summed E-state index contributed by atoms with van der Waals surface area (Å²) < 4.78 is 5.47. The van der Waals surface area contributed by atoms with Crippen molar-refractivity contribution in [2.24, 2.45) is 0 Å². The van der Waals surface area contributed by atoms with Gasteiger partial charge in [-0.25, -0.2) is 0 Å². The second kappa shape index (κ2) is 8.05. The zero-order chi connectivity index (χ0) is 14.3. The molecule has 0 fully saturated rings. The number of unbranched alkanes of at least 4 members (excludes halogenated alkanes) is 1. The van der Waals surface area contributed by atoms with Gasteiger partial charge in [0, 0.05) is 13.6 Å². The molecule has 1 N–H and O–H groups in total. The summed E-state index contributed by atoms with van der Waals surface area (Å²) in [6.07, 6.45) is 2.39. The van der Waals surface area contributed by atoms with E-state index < -0.39 is 0 Å². The highest BCUT2D eigenvalue weighted by atomic mass is 16.5. The van der Waals surface area contributed by atoms with E-state index in [1.807, 2.05) is 7.05 Å². The second-order valence-corrected chi connectivity index (χ2v) is 5.32. The van der Waals surface area contributed by atoms with Gasteiger partial charge in [-0.3, -0.25) is 0 Å². The Bertz CT molecular complexity index is 377. The quantitative estimate of drug-likeness (QED) is 0.729. The molecule has 0 radical (unpaired) electrons. The van der Waals surface area contributed by atoms with E-state index in [0.717, 1.165) is 18.8 Å². The summed E-state index contributed by atoms with van der Waals surface area (Å²) in [6.45, 7) is 6.58. The SMILES string of the molecule is CNCCCCN(C)c1cc(C(C)C)ccc1OC. The molecule has 0 aliphatic rings. The van der Waals surface area contributed by atoms with Gasteiger partial charge in [0.15, 0.2) is 0 Å². The number of hydrogen-bond acceptors (Lipinski definition) is 3. The molecule has 0 saturated heterocycles. The molecule has 0 aromatic heterocycles. The monoisotopic (exact) mass is 264 g/mol. The highest BCUT2D eigenvalue weighted by molar-refractivity contribution is 5.60. The molecule has 0 spiro atoms. The van der Waals surface area contributed by atoms with Gasteiger partial charge < -0.3 is 15.0 Å². The number of methoxy groups -OCH3 is 1. The fourth-order valence-electron chi connectivity index (χ4n) is 2.14. The molecular formula is C16H28N2O. The minimum absolute atomic E-state index is 0.544. The van der Waals surface area contributed by atoms with Gasteiger partial charge in [0.25, 0.3) is 0 Å². The Kier molecular flexibility index (Phi) is 6.71. The second-order valence-electron chi connectivity index (χ2n) is 5.32. The molecule has 0 aliphatic carbocycles. The van der Waals surface area contributed by atoms with Crippen LogP contribution in [0.5, 0.6) is 5.75 Å². The van der Waals surface area contributed by atoms with E-state index in [2.05, 4.69) is 49.3 Å². The van der Waals surface area contributed by atoms with Crippen molar-refractivity contribution in [2.45, 2.75) is 32.6 Å². The van der Waals surface area contributed by atoms with Crippen LogP contribution in [0.4, 0.5) is 5.69 Å². The number of nitrogens with one attached hydrogen (secondary N) is 1. The van der Waals surface area contributed by atoms with E-state index in [1.165, 1.54) is 24.1 Å². The fourth-order valence-corrected chi connectivity index (χ4v) is 2.14. The van der Waals surface area contributed by atoms with E-state index in [0.29, 0.717) is 5.92 Å². The topological polar surface area (TPSA) is 24.5 Å². The number of benzene rings is 1. The Morgan fingerprint density at radius 3 is 2.58 bits per heavy atom. The maximum absolute atomic E-state index is 5.47. The summed E-state index contributed by atoms with van der Waals surface area (Å²) in [5.41, 5.74) is 2.55. The van der Waals surface area contributed by atoms with Crippen LogP contribution < -0.4 is 15.0 Å². The lowest BCUT2D eigenvalue weighted by Crippen LogP contribution is -2.20. The normalized spacial score (nSPS) is 10.8. The summed E-state index contributed by atoms with van der Waals surface area (Å²) in [5, 5.41) is 3.18. The summed E-state index contributed by atoms with van der Waals surface area (Å²) in [6, 6.07) is 6.48. The smallest absolute Gasteiger partial charge is 0.142 e. The maximum Gasteiger partial charge on any atom is 0.142 e. The average molecular weight is 264 g/mol. The lowest BCUT2D eigenvalue weighted by Gasteiger charge is -2.23. The highest BCUT2D eigenvalue weighted by Gasteiger charge is 2.10. The molecule has 3 nitrogen and oxygen atoms in total. The maximum atomic E-state index is 5.47. The van der Waals surface area contributed by atoms with Crippen LogP contribution in [0.25, 0.3) is 0 Å². The average Bonchev–Trinajstić information content (AvgIpc) is 2.42. The molecule has 0 heterocycles. The number of ether oxygens (including phenoxy) is 1. The Hall–Kier alpha value is -1.22. The molecular weight excluding hydrogens is 236 g/mol. The molecule has 0 unspecified atom stereocenters. The molecule has 0 atom stereocenters. The van der Waals surface area contributed by atoms with Crippen LogP contribution >= 0.6 is 0 Å². The van der Waals surface area contributed by atoms with Crippen molar-refractivity contribution in [3.63, 3.8) is 0 Å². The minimum atomic E-state index is 0.544. The summed E-state index contributed by atoms with van der Waals surface area (Å²) >= 11 is 0.